The van der Waals surface area contributed by atoms with E-state index in [1.54, 1.807) is 0 Å². The fourth-order valence-electron chi connectivity index (χ4n) is 3.73. The van der Waals surface area contributed by atoms with Gasteiger partial charge in [-0.3, -0.25) is 9.89 Å². The molecule has 1 saturated carbocycles. The molecule has 0 bridgehead atoms. The summed E-state index contributed by atoms with van der Waals surface area (Å²) in [4.78, 5) is 7.40. The third-order valence-corrected chi connectivity index (χ3v) is 4.79. The van der Waals surface area contributed by atoms with Crippen LogP contribution in [0.15, 0.2) is 4.99 Å². The van der Waals surface area contributed by atoms with Crippen molar-refractivity contribution in [3.05, 3.63) is 0 Å². The normalized spacial score (nSPS) is 23.7. The van der Waals surface area contributed by atoms with Crippen LogP contribution in [0, 0.1) is 0 Å². The van der Waals surface area contributed by atoms with Gasteiger partial charge in [-0.25, -0.2) is 0 Å². The summed E-state index contributed by atoms with van der Waals surface area (Å²) in [5.41, 5.74) is 6.29. The fraction of sp³-hybridized carbons (Fsp3) is 0.938. The first-order chi connectivity index (χ1) is 9.62. The lowest BCUT2D eigenvalue weighted by atomic mass is 9.79. The Bertz CT molecular complexity index is 318. The summed E-state index contributed by atoms with van der Waals surface area (Å²) in [7, 11) is 0. The van der Waals surface area contributed by atoms with Crippen molar-refractivity contribution in [3.63, 3.8) is 0 Å². The maximum atomic E-state index is 6.00. The predicted molar refractivity (Wildman–Crippen MR) is 101 cm³/mol. The average molecular weight is 408 g/mol. The Balaban J connectivity index is 0.00000220. The SMILES string of the molecule is CC(C)NC(N)=NCC1(N2CCCCC2)CCCCC1.I. The Hall–Kier alpha value is -0.0400. The molecule has 21 heavy (non-hydrogen) atoms. The molecule has 4 nitrogen and oxygen atoms in total. The molecule has 5 heteroatoms. The lowest BCUT2D eigenvalue weighted by Gasteiger charge is -2.47. The molecule has 0 aromatic carbocycles. The van der Waals surface area contributed by atoms with Gasteiger partial charge in [-0.05, 0) is 52.6 Å². The first kappa shape index (κ1) is 19.0. The van der Waals surface area contributed by atoms with Crippen molar-refractivity contribution in [3.8, 4) is 0 Å². The molecule has 1 aliphatic carbocycles. The van der Waals surface area contributed by atoms with Crippen LogP contribution in [-0.2, 0) is 0 Å². The van der Waals surface area contributed by atoms with Gasteiger partial charge in [-0.2, -0.15) is 0 Å². The Labute approximate surface area is 147 Å². The molecular formula is C16H33IN4. The van der Waals surface area contributed by atoms with Crippen molar-refractivity contribution in [1.29, 1.82) is 0 Å². The van der Waals surface area contributed by atoms with Crippen LogP contribution >= 0.6 is 24.0 Å². The maximum absolute atomic E-state index is 6.00. The van der Waals surface area contributed by atoms with Gasteiger partial charge in [0, 0.05) is 11.6 Å². The molecule has 0 radical (unpaired) electrons. The molecule has 2 fully saturated rings. The molecule has 3 N–H and O–H groups in total. The van der Waals surface area contributed by atoms with Crippen molar-refractivity contribution in [2.24, 2.45) is 10.7 Å². The molecule has 1 saturated heterocycles. The number of nitrogens with two attached hydrogens (primary N) is 1. The summed E-state index contributed by atoms with van der Waals surface area (Å²) in [5, 5.41) is 3.21. The van der Waals surface area contributed by atoms with Crippen molar-refractivity contribution in [1.82, 2.24) is 10.2 Å². The van der Waals surface area contributed by atoms with Crippen molar-refractivity contribution >= 4 is 29.9 Å². The zero-order valence-electron chi connectivity index (χ0n) is 13.7. The lowest BCUT2D eigenvalue weighted by Crippen LogP contribution is -2.54. The van der Waals surface area contributed by atoms with E-state index in [9.17, 15) is 0 Å². The van der Waals surface area contributed by atoms with Crippen LogP contribution in [0.4, 0.5) is 0 Å². The summed E-state index contributed by atoms with van der Waals surface area (Å²) < 4.78 is 0. The number of likely N-dealkylation sites (tertiary alicyclic amines) is 1. The van der Waals surface area contributed by atoms with Crippen molar-refractivity contribution in [2.75, 3.05) is 19.6 Å². The smallest absolute Gasteiger partial charge is 0.188 e. The highest BCUT2D eigenvalue weighted by atomic mass is 127. The second-order valence-electron chi connectivity index (χ2n) is 6.83. The third-order valence-electron chi connectivity index (χ3n) is 4.79. The summed E-state index contributed by atoms with van der Waals surface area (Å²) >= 11 is 0. The minimum atomic E-state index is 0. The molecule has 0 aromatic heterocycles. The van der Waals surface area contributed by atoms with E-state index in [1.165, 1.54) is 64.5 Å². The van der Waals surface area contributed by atoms with E-state index >= 15 is 0 Å². The Kier molecular flexibility index (Phi) is 8.31. The number of guanidine groups is 1. The second kappa shape index (κ2) is 9.18. The lowest BCUT2D eigenvalue weighted by molar-refractivity contribution is 0.0407. The Morgan fingerprint density at radius 3 is 2.24 bits per heavy atom. The van der Waals surface area contributed by atoms with E-state index in [2.05, 4.69) is 29.1 Å². The molecule has 2 aliphatic rings. The molecule has 124 valence electrons. The molecule has 0 amide bonds. The standard InChI is InChI=1S/C16H32N4.HI/c1-14(2)19-15(17)18-13-16(9-5-3-6-10-16)20-11-7-4-8-12-20;/h14H,3-13H2,1-2H3,(H3,17,18,19);1H. The monoisotopic (exact) mass is 408 g/mol. The van der Waals surface area contributed by atoms with Crippen LogP contribution in [0.25, 0.3) is 0 Å². The highest BCUT2D eigenvalue weighted by Gasteiger charge is 2.38. The van der Waals surface area contributed by atoms with Gasteiger partial charge < -0.3 is 11.1 Å². The third kappa shape index (κ3) is 5.58. The van der Waals surface area contributed by atoms with Gasteiger partial charge in [0.2, 0.25) is 0 Å². The predicted octanol–water partition coefficient (Wildman–Crippen LogP) is 3.11. The summed E-state index contributed by atoms with van der Waals surface area (Å²) in [6.07, 6.45) is 10.8. The first-order valence-corrected chi connectivity index (χ1v) is 8.44. The van der Waals surface area contributed by atoms with Crippen LogP contribution in [-0.4, -0.2) is 42.1 Å². The Morgan fingerprint density at radius 1 is 1.10 bits per heavy atom. The molecule has 0 atom stereocenters. The number of hydrogen-bond acceptors (Lipinski definition) is 2. The van der Waals surface area contributed by atoms with Gasteiger partial charge in [-0.1, -0.05) is 25.7 Å². The Morgan fingerprint density at radius 2 is 1.67 bits per heavy atom. The molecular weight excluding hydrogens is 375 g/mol. The van der Waals surface area contributed by atoms with E-state index in [0.29, 0.717) is 17.5 Å². The zero-order valence-corrected chi connectivity index (χ0v) is 16.1. The van der Waals surface area contributed by atoms with E-state index in [4.69, 9.17) is 5.73 Å². The molecule has 2 rings (SSSR count). The summed E-state index contributed by atoms with van der Waals surface area (Å²) in [6.45, 7) is 7.59. The van der Waals surface area contributed by atoms with E-state index in [0.717, 1.165) is 6.54 Å². The molecule has 0 aromatic rings. The summed E-state index contributed by atoms with van der Waals surface area (Å²) in [5.74, 6) is 0.613. The zero-order chi connectivity index (χ0) is 14.4. The van der Waals surface area contributed by atoms with Crippen LogP contribution in [0.1, 0.15) is 65.2 Å². The number of rotatable bonds is 4. The number of hydrogen-bond donors (Lipinski definition) is 2. The highest BCUT2D eigenvalue weighted by molar-refractivity contribution is 14.0. The van der Waals surface area contributed by atoms with Crippen molar-refractivity contribution in [2.45, 2.75) is 76.8 Å². The second-order valence-corrected chi connectivity index (χ2v) is 6.83. The van der Waals surface area contributed by atoms with Crippen LogP contribution in [0.3, 0.4) is 0 Å². The van der Waals surface area contributed by atoms with Gasteiger partial charge in [-0.15, -0.1) is 24.0 Å². The van der Waals surface area contributed by atoms with E-state index < -0.39 is 0 Å². The minimum Gasteiger partial charge on any atom is -0.370 e. The maximum Gasteiger partial charge on any atom is 0.188 e. The largest absolute Gasteiger partial charge is 0.370 e. The number of nitrogens with one attached hydrogen (secondary N) is 1. The topological polar surface area (TPSA) is 53.6 Å². The first-order valence-electron chi connectivity index (χ1n) is 8.44. The van der Waals surface area contributed by atoms with Gasteiger partial charge in [0.25, 0.3) is 0 Å². The van der Waals surface area contributed by atoms with Gasteiger partial charge >= 0.3 is 0 Å². The van der Waals surface area contributed by atoms with Crippen LogP contribution < -0.4 is 11.1 Å². The number of halogens is 1. The van der Waals surface area contributed by atoms with Crippen LogP contribution in [0.5, 0.6) is 0 Å². The minimum absolute atomic E-state index is 0. The van der Waals surface area contributed by atoms with Gasteiger partial charge in [0.15, 0.2) is 5.96 Å². The molecule has 1 aliphatic heterocycles. The number of nitrogens with zero attached hydrogens (tertiary/aromatic N) is 2. The molecule has 0 unspecified atom stereocenters. The fourth-order valence-corrected chi connectivity index (χ4v) is 3.73. The van der Waals surface area contributed by atoms with Gasteiger partial charge in [0.05, 0.1) is 6.54 Å². The quantitative estimate of drug-likeness (QED) is 0.427. The molecule has 0 spiro atoms. The average Bonchev–Trinajstić information content (AvgIpc) is 2.46. The number of aliphatic imine (C=N–C) groups is 1. The summed E-state index contributed by atoms with van der Waals surface area (Å²) in [6, 6.07) is 0.357. The van der Waals surface area contributed by atoms with E-state index in [1.807, 2.05) is 0 Å². The van der Waals surface area contributed by atoms with Crippen LogP contribution in [0.2, 0.25) is 0 Å². The van der Waals surface area contributed by atoms with E-state index in [-0.39, 0.29) is 24.0 Å². The molecule has 1 heterocycles. The van der Waals surface area contributed by atoms with Crippen molar-refractivity contribution < 1.29 is 0 Å². The van der Waals surface area contributed by atoms with Gasteiger partial charge in [0.1, 0.15) is 0 Å². The highest BCUT2D eigenvalue weighted by Crippen LogP contribution is 2.35. The number of piperidine rings is 1.